The molecule has 3 rings (SSSR count). The van der Waals surface area contributed by atoms with Gasteiger partial charge in [0.25, 0.3) is 0 Å². The molecule has 0 N–H and O–H groups in total. The standard InChI is InChI=1S/C14H7Cl6N3O2/c15-13(16,17)11-21-10(22-12(23-11)14(18,19)20)4-2-7-1-3-8-9(5-7)25-6-24-8/h1-5H,6H2/b4-2+. The molecule has 1 aromatic heterocycles. The zero-order valence-electron chi connectivity index (χ0n) is 12.0. The third-order valence-corrected chi connectivity index (χ3v) is 4.00. The van der Waals surface area contributed by atoms with Crippen LogP contribution in [0.4, 0.5) is 0 Å². The number of hydrogen-bond acceptors (Lipinski definition) is 5. The highest BCUT2D eigenvalue weighted by atomic mass is 35.6. The molecule has 132 valence electrons. The smallest absolute Gasteiger partial charge is 0.250 e. The van der Waals surface area contributed by atoms with Crippen LogP contribution < -0.4 is 9.47 Å². The quantitative estimate of drug-likeness (QED) is 0.558. The number of benzene rings is 1. The molecule has 25 heavy (non-hydrogen) atoms. The molecule has 0 spiro atoms. The zero-order valence-corrected chi connectivity index (χ0v) is 16.6. The van der Waals surface area contributed by atoms with Crippen LogP contribution in [0.25, 0.3) is 12.2 Å². The Morgan fingerprint density at radius 3 is 2.00 bits per heavy atom. The molecule has 0 fully saturated rings. The first-order valence-corrected chi connectivity index (χ1v) is 8.88. The second-order valence-electron chi connectivity index (χ2n) is 4.78. The second-order valence-corrected chi connectivity index (χ2v) is 9.34. The molecule has 0 amide bonds. The van der Waals surface area contributed by atoms with Crippen molar-refractivity contribution in [1.82, 2.24) is 15.0 Å². The van der Waals surface area contributed by atoms with Crippen LogP contribution in [0.1, 0.15) is 23.0 Å². The first-order chi connectivity index (χ1) is 11.6. The predicted molar refractivity (Wildman–Crippen MR) is 99.8 cm³/mol. The molecule has 11 heteroatoms. The molecule has 0 unspecified atom stereocenters. The van der Waals surface area contributed by atoms with Gasteiger partial charge in [0, 0.05) is 0 Å². The molecule has 0 saturated heterocycles. The van der Waals surface area contributed by atoms with E-state index in [1.165, 1.54) is 0 Å². The summed E-state index contributed by atoms with van der Waals surface area (Å²) in [5.41, 5.74) is 0.815. The number of hydrogen-bond donors (Lipinski definition) is 0. The van der Waals surface area contributed by atoms with E-state index in [1.807, 2.05) is 6.07 Å². The Morgan fingerprint density at radius 2 is 1.40 bits per heavy atom. The van der Waals surface area contributed by atoms with Gasteiger partial charge < -0.3 is 9.47 Å². The first kappa shape index (κ1) is 19.1. The Hall–Kier alpha value is -0.690. The van der Waals surface area contributed by atoms with E-state index in [2.05, 4.69) is 15.0 Å². The fraction of sp³-hybridized carbons (Fsp3) is 0.214. The normalized spacial score (nSPS) is 14.3. The topological polar surface area (TPSA) is 57.1 Å². The van der Waals surface area contributed by atoms with Gasteiger partial charge >= 0.3 is 0 Å². The van der Waals surface area contributed by atoms with E-state index in [4.69, 9.17) is 79.1 Å². The number of nitrogens with zero attached hydrogens (tertiary/aromatic N) is 3. The van der Waals surface area contributed by atoms with Gasteiger partial charge in [-0.25, -0.2) is 15.0 Å². The largest absolute Gasteiger partial charge is 0.454 e. The number of ether oxygens (including phenoxy) is 2. The minimum Gasteiger partial charge on any atom is -0.454 e. The number of alkyl halides is 6. The van der Waals surface area contributed by atoms with Crippen LogP contribution in [0.3, 0.4) is 0 Å². The Balaban J connectivity index is 1.96. The molecular formula is C14H7Cl6N3O2. The van der Waals surface area contributed by atoms with Gasteiger partial charge in [0.1, 0.15) is 0 Å². The third-order valence-electron chi connectivity index (χ3n) is 2.98. The average molecular weight is 462 g/mol. The molecule has 0 atom stereocenters. The Morgan fingerprint density at radius 1 is 0.800 bits per heavy atom. The van der Waals surface area contributed by atoms with Gasteiger partial charge in [-0.15, -0.1) is 0 Å². The Bertz CT molecular complexity index is 800. The number of halogens is 6. The summed E-state index contributed by atoms with van der Waals surface area (Å²) in [5, 5.41) is 0. The van der Waals surface area contributed by atoms with E-state index in [9.17, 15) is 0 Å². The van der Waals surface area contributed by atoms with Crippen LogP contribution in [-0.2, 0) is 7.59 Å². The van der Waals surface area contributed by atoms with Gasteiger partial charge in [0.2, 0.25) is 14.4 Å². The van der Waals surface area contributed by atoms with E-state index in [0.717, 1.165) is 5.56 Å². The molecule has 1 aliphatic rings. The minimum atomic E-state index is -1.89. The lowest BCUT2D eigenvalue weighted by molar-refractivity contribution is 0.174. The van der Waals surface area contributed by atoms with Crippen molar-refractivity contribution in [3.05, 3.63) is 41.2 Å². The van der Waals surface area contributed by atoms with Crippen LogP contribution in [0.2, 0.25) is 0 Å². The van der Waals surface area contributed by atoms with Gasteiger partial charge in [-0.05, 0) is 23.8 Å². The lowest BCUT2D eigenvalue weighted by Crippen LogP contribution is -2.16. The molecule has 2 heterocycles. The maximum atomic E-state index is 5.83. The van der Waals surface area contributed by atoms with Gasteiger partial charge in [0.15, 0.2) is 29.0 Å². The summed E-state index contributed by atoms with van der Waals surface area (Å²) in [7, 11) is 0. The average Bonchev–Trinajstić information content (AvgIpc) is 2.98. The Kier molecular flexibility index (Phi) is 5.45. The van der Waals surface area contributed by atoms with Crippen molar-refractivity contribution in [3.8, 4) is 11.5 Å². The van der Waals surface area contributed by atoms with Gasteiger partial charge in [0.05, 0.1) is 0 Å². The molecular weight excluding hydrogens is 455 g/mol. The lowest BCUT2D eigenvalue weighted by atomic mass is 10.2. The molecule has 5 nitrogen and oxygen atoms in total. The lowest BCUT2D eigenvalue weighted by Gasteiger charge is -2.14. The molecule has 0 radical (unpaired) electrons. The van der Waals surface area contributed by atoms with E-state index >= 15 is 0 Å². The Labute approximate surface area is 172 Å². The summed E-state index contributed by atoms with van der Waals surface area (Å²) >= 11 is 35.0. The molecule has 0 bridgehead atoms. The van der Waals surface area contributed by atoms with Gasteiger partial charge in [-0.3, -0.25) is 0 Å². The maximum absolute atomic E-state index is 5.83. The third kappa shape index (κ3) is 4.73. The van der Waals surface area contributed by atoms with Crippen molar-refractivity contribution in [2.24, 2.45) is 0 Å². The molecule has 2 aromatic rings. The van der Waals surface area contributed by atoms with Gasteiger partial charge in [-0.1, -0.05) is 81.7 Å². The van der Waals surface area contributed by atoms with Crippen molar-refractivity contribution in [1.29, 1.82) is 0 Å². The van der Waals surface area contributed by atoms with Crippen LogP contribution in [-0.4, -0.2) is 21.7 Å². The molecule has 0 aliphatic carbocycles. The summed E-state index contributed by atoms with van der Waals surface area (Å²) in [6.07, 6.45) is 3.29. The van der Waals surface area contributed by atoms with Crippen molar-refractivity contribution < 1.29 is 9.47 Å². The summed E-state index contributed by atoms with van der Waals surface area (Å²) in [6, 6.07) is 5.41. The van der Waals surface area contributed by atoms with Crippen molar-refractivity contribution in [2.45, 2.75) is 7.59 Å². The first-order valence-electron chi connectivity index (χ1n) is 6.61. The number of aromatic nitrogens is 3. The monoisotopic (exact) mass is 459 g/mol. The SMILES string of the molecule is ClC(Cl)(Cl)c1nc(/C=C/c2ccc3c(c2)OCO3)nc(C(Cl)(Cl)Cl)n1. The highest BCUT2D eigenvalue weighted by molar-refractivity contribution is 6.67. The van der Waals surface area contributed by atoms with Crippen molar-refractivity contribution >= 4 is 81.8 Å². The number of rotatable bonds is 2. The summed E-state index contributed by atoms with van der Waals surface area (Å²) in [4.78, 5) is 12.0. The molecule has 0 saturated carbocycles. The molecule has 1 aliphatic heterocycles. The minimum absolute atomic E-state index is 0.154. The fourth-order valence-corrected chi connectivity index (χ4v) is 2.42. The molecule has 1 aromatic carbocycles. The fourth-order valence-electron chi connectivity index (χ4n) is 1.91. The van der Waals surface area contributed by atoms with Crippen molar-refractivity contribution in [3.63, 3.8) is 0 Å². The highest BCUT2D eigenvalue weighted by Gasteiger charge is 2.33. The van der Waals surface area contributed by atoms with Crippen LogP contribution in [0, 0.1) is 0 Å². The van der Waals surface area contributed by atoms with Crippen LogP contribution >= 0.6 is 69.6 Å². The zero-order chi connectivity index (χ0) is 18.2. The van der Waals surface area contributed by atoms with Crippen molar-refractivity contribution in [2.75, 3.05) is 6.79 Å². The van der Waals surface area contributed by atoms with Gasteiger partial charge in [-0.2, -0.15) is 0 Å². The van der Waals surface area contributed by atoms with Crippen LogP contribution in [0.5, 0.6) is 11.5 Å². The summed E-state index contributed by atoms with van der Waals surface area (Å²) in [5.74, 6) is 1.17. The summed E-state index contributed by atoms with van der Waals surface area (Å²) in [6.45, 7) is 0.190. The predicted octanol–water partition coefficient (Wildman–Crippen LogP) is 5.42. The van der Waals surface area contributed by atoms with E-state index < -0.39 is 7.59 Å². The van der Waals surface area contributed by atoms with E-state index in [0.29, 0.717) is 11.5 Å². The highest BCUT2D eigenvalue weighted by Crippen LogP contribution is 2.40. The summed E-state index contributed by atoms with van der Waals surface area (Å²) < 4.78 is 6.78. The van der Waals surface area contributed by atoms with E-state index in [-0.39, 0.29) is 24.3 Å². The van der Waals surface area contributed by atoms with E-state index in [1.54, 1.807) is 24.3 Å². The maximum Gasteiger partial charge on any atom is 0.250 e. The second kappa shape index (κ2) is 7.14. The van der Waals surface area contributed by atoms with Crippen LogP contribution in [0.15, 0.2) is 18.2 Å². The number of fused-ring (bicyclic) bond motifs is 1.